The van der Waals surface area contributed by atoms with E-state index < -0.39 is 0 Å². The molecule has 0 aliphatic carbocycles. The monoisotopic (exact) mass is 652 g/mol. The fourth-order valence-electron chi connectivity index (χ4n) is 7.62. The topological polar surface area (TPSA) is 21.3 Å². The minimum atomic E-state index is 0.911. The van der Waals surface area contributed by atoms with Gasteiger partial charge < -0.3 is 13.9 Å². The van der Waals surface area contributed by atoms with Gasteiger partial charge in [-0.1, -0.05) is 127 Å². The van der Waals surface area contributed by atoms with Crippen LogP contribution < -0.4 is 4.90 Å². The van der Waals surface area contributed by atoms with Crippen LogP contribution in [0, 0.1) is 0 Å². The first-order valence-corrected chi connectivity index (χ1v) is 17.4. The Bertz CT molecular complexity index is 2790. The Morgan fingerprint density at radius 2 is 0.922 bits per heavy atom. The van der Waals surface area contributed by atoms with Crippen LogP contribution in [0.5, 0.6) is 0 Å². The molecule has 2 heterocycles. The number of nitrogens with zero attached hydrogens (tertiary/aromatic N) is 2. The fraction of sp³-hybridized carbons (Fsp3) is 0. The van der Waals surface area contributed by atoms with E-state index in [-0.39, 0.29) is 0 Å². The summed E-state index contributed by atoms with van der Waals surface area (Å²) in [6.45, 7) is 0. The second-order valence-electron chi connectivity index (χ2n) is 13.0. The number of rotatable bonds is 6. The molecule has 3 heteroatoms. The standard InChI is InChI=1S/C48H32N2O/c1-2-13-36(14-3-1)49(38-30-26-34(27-31-38)40-19-11-20-44-43-18-6-9-23-47(43)51-48(40)44)37-28-24-33(25-29-37)35-12-10-15-39(32-35)50-45-21-7-4-16-41(45)42-17-5-8-22-46(42)50/h1-32H. The van der Waals surface area contributed by atoms with E-state index in [2.05, 4.69) is 191 Å². The van der Waals surface area contributed by atoms with Crippen molar-refractivity contribution in [3.63, 3.8) is 0 Å². The van der Waals surface area contributed by atoms with Crippen molar-refractivity contribution in [2.45, 2.75) is 0 Å². The van der Waals surface area contributed by atoms with E-state index in [1.807, 2.05) is 12.1 Å². The van der Waals surface area contributed by atoms with E-state index in [4.69, 9.17) is 4.42 Å². The van der Waals surface area contributed by atoms with Gasteiger partial charge in [0.15, 0.2) is 0 Å². The zero-order chi connectivity index (χ0) is 33.7. The zero-order valence-corrected chi connectivity index (χ0v) is 27.8. The molecule has 0 amide bonds. The maximum absolute atomic E-state index is 6.36. The molecule has 0 bridgehead atoms. The van der Waals surface area contributed by atoms with Crippen molar-refractivity contribution in [3.8, 4) is 27.9 Å². The normalized spacial score (nSPS) is 11.5. The van der Waals surface area contributed by atoms with Gasteiger partial charge in [-0.2, -0.15) is 0 Å². The van der Waals surface area contributed by atoms with Crippen molar-refractivity contribution >= 4 is 60.8 Å². The summed E-state index contributed by atoms with van der Waals surface area (Å²) in [6.07, 6.45) is 0. The van der Waals surface area contributed by atoms with Crippen molar-refractivity contribution in [2.75, 3.05) is 4.90 Å². The molecule has 0 radical (unpaired) electrons. The van der Waals surface area contributed by atoms with Crippen molar-refractivity contribution < 1.29 is 4.42 Å². The first-order valence-electron chi connectivity index (χ1n) is 17.4. The molecule has 0 unspecified atom stereocenters. The van der Waals surface area contributed by atoms with Crippen LogP contribution in [0.25, 0.3) is 71.7 Å². The summed E-state index contributed by atoms with van der Waals surface area (Å²) >= 11 is 0. The quantitative estimate of drug-likeness (QED) is 0.178. The van der Waals surface area contributed by atoms with Crippen molar-refractivity contribution in [1.29, 1.82) is 0 Å². The number of hydrogen-bond donors (Lipinski definition) is 0. The number of hydrogen-bond acceptors (Lipinski definition) is 2. The molecule has 0 N–H and O–H groups in total. The van der Waals surface area contributed by atoms with E-state index >= 15 is 0 Å². The first kappa shape index (κ1) is 29.1. The first-order chi connectivity index (χ1) is 25.3. The van der Waals surface area contributed by atoms with Gasteiger partial charge in [0.2, 0.25) is 0 Å². The molecule has 8 aromatic carbocycles. The maximum Gasteiger partial charge on any atom is 0.143 e. The molecular weight excluding hydrogens is 621 g/mol. The third-order valence-corrected chi connectivity index (χ3v) is 10.00. The Kier molecular flexibility index (Phi) is 6.81. The molecule has 0 atom stereocenters. The average Bonchev–Trinajstić information content (AvgIpc) is 3.75. The summed E-state index contributed by atoms with van der Waals surface area (Å²) in [5.74, 6) is 0. The Balaban J connectivity index is 1.01. The highest BCUT2D eigenvalue weighted by atomic mass is 16.3. The van der Waals surface area contributed by atoms with Gasteiger partial charge in [-0.3, -0.25) is 0 Å². The number of fused-ring (bicyclic) bond motifs is 6. The summed E-state index contributed by atoms with van der Waals surface area (Å²) in [4.78, 5) is 2.31. The van der Waals surface area contributed by atoms with Crippen LogP contribution in [0.4, 0.5) is 17.1 Å². The molecule has 0 saturated carbocycles. The highest BCUT2D eigenvalue weighted by molar-refractivity contribution is 6.10. The SMILES string of the molecule is c1ccc(N(c2ccc(-c3cccc(-n4c5ccccc5c5ccccc54)c3)cc2)c2ccc(-c3cccc4c3oc3ccccc34)cc2)cc1. The number of aromatic nitrogens is 1. The lowest BCUT2D eigenvalue weighted by molar-refractivity contribution is 0.670. The lowest BCUT2D eigenvalue weighted by Crippen LogP contribution is -2.09. The number of furan rings is 1. The van der Waals surface area contributed by atoms with Crippen LogP contribution in [-0.2, 0) is 0 Å². The summed E-state index contributed by atoms with van der Waals surface area (Å²) in [5, 5.41) is 4.81. The van der Waals surface area contributed by atoms with E-state index in [1.54, 1.807) is 0 Å². The van der Waals surface area contributed by atoms with E-state index in [9.17, 15) is 0 Å². The molecule has 2 aromatic heterocycles. The second-order valence-corrected chi connectivity index (χ2v) is 13.0. The molecule has 0 aliphatic rings. The summed E-state index contributed by atoms with van der Waals surface area (Å²) < 4.78 is 8.73. The third-order valence-electron chi connectivity index (χ3n) is 10.00. The van der Waals surface area contributed by atoms with Crippen LogP contribution in [0.1, 0.15) is 0 Å². The van der Waals surface area contributed by atoms with Crippen LogP contribution >= 0.6 is 0 Å². The minimum absolute atomic E-state index is 0.911. The molecule has 0 spiro atoms. The van der Waals surface area contributed by atoms with E-state index in [1.165, 1.54) is 32.9 Å². The van der Waals surface area contributed by atoms with Gasteiger partial charge in [0.1, 0.15) is 11.2 Å². The highest BCUT2D eigenvalue weighted by Crippen LogP contribution is 2.40. The van der Waals surface area contributed by atoms with Crippen LogP contribution in [-0.4, -0.2) is 4.57 Å². The van der Waals surface area contributed by atoms with Gasteiger partial charge in [0, 0.05) is 49.9 Å². The molecule has 10 aromatic rings. The molecule has 10 rings (SSSR count). The summed E-state index contributed by atoms with van der Waals surface area (Å²) in [5.41, 5.74) is 13.2. The minimum Gasteiger partial charge on any atom is -0.455 e. The van der Waals surface area contributed by atoms with Crippen LogP contribution in [0.3, 0.4) is 0 Å². The highest BCUT2D eigenvalue weighted by Gasteiger charge is 2.16. The number of anilines is 3. The molecular formula is C48H32N2O. The van der Waals surface area contributed by atoms with Gasteiger partial charge >= 0.3 is 0 Å². The molecule has 0 saturated heterocycles. The molecule has 240 valence electrons. The van der Waals surface area contributed by atoms with Gasteiger partial charge in [-0.15, -0.1) is 0 Å². The maximum atomic E-state index is 6.36. The Labute approximate surface area is 295 Å². The Hall–Kier alpha value is -6.84. The Morgan fingerprint density at radius 1 is 0.373 bits per heavy atom. The number of benzene rings is 8. The predicted molar refractivity (Wildman–Crippen MR) is 214 cm³/mol. The van der Waals surface area contributed by atoms with Crippen molar-refractivity contribution in [2.24, 2.45) is 0 Å². The number of para-hydroxylation sites is 5. The van der Waals surface area contributed by atoms with Gasteiger partial charge in [-0.25, -0.2) is 0 Å². The zero-order valence-electron chi connectivity index (χ0n) is 27.8. The third kappa shape index (κ3) is 4.90. The lowest BCUT2D eigenvalue weighted by atomic mass is 10.0. The van der Waals surface area contributed by atoms with Gasteiger partial charge in [-0.05, 0) is 83.4 Å². The average molecular weight is 653 g/mol. The molecule has 51 heavy (non-hydrogen) atoms. The Morgan fingerprint density at radius 3 is 1.63 bits per heavy atom. The van der Waals surface area contributed by atoms with Gasteiger partial charge in [0.25, 0.3) is 0 Å². The van der Waals surface area contributed by atoms with E-state index in [0.717, 1.165) is 55.8 Å². The van der Waals surface area contributed by atoms with Crippen molar-refractivity contribution in [1.82, 2.24) is 4.57 Å². The van der Waals surface area contributed by atoms with Crippen LogP contribution in [0.2, 0.25) is 0 Å². The molecule has 0 fully saturated rings. The molecule has 3 nitrogen and oxygen atoms in total. The van der Waals surface area contributed by atoms with Crippen LogP contribution in [0.15, 0.2) is 199 Å². The summed E-state index contributed by atoms with van der Waals surface area (Å²) in [7, 11) is 0. The molecule has 0 aliphatic heterocycles. The second kappa shape index (κ2) is 11.9. The lowest BCUT2D eigenvalue weighted by Gasteiger charge is -2.26. The fourth-order valence-corrected chi connectivity index (χ4v) is 7.62. The van der Waals surface area contributed by atoms with Crippen molar-refractivity contribution in [3.05, 3.63) is 194 Å². The largest absolute Gasteiger partial charge is 0.455 e. The predicted octanol–water partition coefficient (Wildman–Crippen LogP) is 13.5. The van der Waals surface area contributed by atoms with Gasteiger partial charge in [0.05, 0.1) is 11.0 Å². The van der Waals surface area contributed by atoms with E-state index in [0.29, 0.717) is 0 Å². The smallest absolute Gasteiger partial charge is 0.143 e. The summed E-state index contributed by atoms with van der Waals surface area (Å²) in [6, 6.07) is 69.1.